The summed E-state index contributed by atoms with van der Waals surface area (Å²) in [7, 11) is 0. The predicted molar refractivity (Wildman–Crippen MR) is 113 cm³/mol. The lowest BCUT2D eigenvalue weighted by Crippen LogP contribution is -2.05. The monoisotopic (exact) mass is 368 g/mol. The Kier molecular flexibility index (Phi) is 15.7. The van der Waals surface area contributed by atoms with Gasteiger partial charge in [0.2, 0.25) is 0 Å². The molecule has 0 heterocycles. The fourth-order valence-electron chi connectivity index (χ4n) is 2.07. The Morgan fingerprint density at radius 2 is 1.50 bits per heavy atom. The van der Waals surface area contributed by atoms with Crippen molar-refractivity contribution in [2.75, 3.05) is 0 Å². The molecule has 3 heteroatoms. The topological polar surface area (TPSA) is 57.5 Å². The lowest BCUT2D eigenvalue weighted by molar-refractivity contribution is -0.137. The van der Waals surface area contributed by atoms with Crippen molar-refractivity contribution < 1.29 is 15.0 Å². The van der Waals surface area contributed by atoms with Gasteiger partial charge in [-0.3, -0.25) is 4.79 Å². The van der Waals surface area contributed by atoms with Crippen molar-refractivity contribution in [3.8, 4) is 0 Å². The number of carboxylic acids is 1. The summed E-state index contributed by atoms with van der Waals surface area (Å²) in [6, 6.07) is 0. The number of rotatable bonds is 10. The third-order valence-electron chi connectivity index (χ3n) is 3.55. The minimum absolute atomic E-state index is 0.186. The number of allylic oxidation sites excluding steroid dienone is 3. The van der Waals surface area contributed by atoms with Gasteiger partial charge in [0.15, 0.2) is 0 Å². The Labute approximate surface area is 162 Å². The van der Waals surface area contributed by atoms with Crippen LogP contribution in [0.2, 0.25) is 0 Å². The van der Waals surface area contributed by atoms with E-state index in [2.05, 4.69) is 66.7 Å². The first kappa shape index (κ1) is 27.1. The van der Waals surface area contributed by atoms with E-state index in [4.69, 9.17) is 5.11 Å². The summed E-state index contributed by atoms with van der Waals surface area (Å²) in [4.78, 5) is 10.2. The second kappa shape index (κ2) is 15.0. The van der Waals surface area contributed by atoms with Crippen molar-refractivity contribution in [1.29, 1.82) is 0 Å². The van der Waals surface area contributed by atoms with Crippen LogP contribution in [-0.4, -0.2) is 22.3 Å². The number of carboxylic acid groups (broad SMARTS) is 1. The third-order valence-corrected chi connectivity index (χ3v) is 3.55. The molecule has 0 saturated heterocycles. The number of aliphatic carboxylic acids is 1. The van der Waals surface area contributed by atoms with E-state index < -0.39 is 5.97 Å². The van der Waals surface area contributed by atoms with Crippen LogP contribution in [0.1, 0.15) is 99.8 Å². The Morgan fingerprint density at radius 1 is 0.923 bits per heavy atom. The van der Waals surface area contributed by atoms with E-state index >= 15 is 0 Å². The van der Waals surface area contributed by atoms with Gasteiger partial charge in [-0.25, -0.2) is 0 Å². The molecule has 0 amide bonds. The molecule has 0 aliphatic rings. The van der Waals surface area contributed by atoms with Gasteiger partial charge in [-0.15, -0.1) is 0 Å². The van der Waals surface area contributed by atoms with E-state index in [1.807, 2.05) is 6.08 Å². The normalized spacial score (nSPS) is 13.7. The van der Waals surface area contributed by atoms with Gasteiger partial charge in [-0.1, -0.05) is 92.0 Å². The van der Waals surface area contributed by atoms with Crippen LogP contribution in [0, 0.1) is 10.8 Å². The van der Waals surface area contributed by atoms with Crippen LogP contribution in [-0.2, 0) is 4.79 Å². The molecule has 0 radical (unpaired) electrons. The second-order valence-corrected chi connectivity index (χ2v) is 9.20. The lowest BCUT2D eigenvalue weighted by Gasteiger charge is -2.13. The SMILES string of the molecule is CC(C)(C)/C=C/CCCCC(=O)O.CCCCC[C@H](O)/C=C/C(C)(C)C. The van der Waals surface area contributed by atoms with E-state index in [0.717, 1.165) is 32.1 Å². The zero-order valence-corrected chi connectivity index (χ0v) is 18.3. The first-order chi connectivity index (χ1) is 11.9. The Hall–Kier alpha value is -1.09. The molecule has 0 rings (SSSR count). The van der Waals surface area contributed by atoms with Crippen LogP contribution in [0.3, 0.4) is 0 Å². The lowest BCUT2D eigenvalue weighted by atomic mass is 9.95. The molecule has 2 N–H and O–H groups in total. The molecular formula is C23H44O3. The molecule has 0 aromatic rings. The highest BCUT2D eigenvalue weighted by atomic mass is 16.4. The molecule has 154 valence electrons. The smallest absolute Gasteiger partial charge is 0.303 e. The number of hydrogen-bond acceptors (Lipinski definition) is 2. The van der Waals surface area contributed by atoms with Crippen LogP contribution in [0.4, 0.5) is 0 Å². The molecule has 0 bridgehead atoms. The molecule has 0 aromatic heterocycles. The Balaban J connectivity index is 0. The van der Waals surface area contributed by atoms with E-state index in [9.17, 15) is 9.90 Å². The van der Waals surface area contributed by atoms with Crippen molar-refractivity contribution >= 4 is 5.97 Å². The van der Waals surface area contributed by atoms with Gasteiger partial charge in [0, 0.05) is 6.42 Å². The number of hydrogen-bond donors (Lipinski definition) is 2. The van der Waals surface area contributed by atoms with Crippen LogP contribution in [0.25, 0.3) is 0 Å². The quantitative estimate of drug-likeness (QED) is 0.331. The van der Waals surface area contributed by atoms with Gasteiger partial charge in [0.1, 0.15) is 0 Å². The maximum atomic E-state index is 10.2. The molecular weight excluding hydrogens is 324 g/mol. The van der Waals surface area contributed by atoms with Gasteiger partial charge < -0.3 is 10.2 Å². The summed E-state index contributed by atoms with van der Waals surface area (Å²) in [6.45, 7) is 15.1. The van der Waals surface area contributed by atoms with Crippen molar-refractivity contribution in [3.63, 3.8) is 0 Å². The number of aliphatic hydroxyl groups is 1. The summed E-state index contributed by atoms with van der Waals surface area (Å²) < 4.78 is 0. The summed E-state index contributed by atoms with van der Waals surface area (Å²) in [5.74, 6) is -0.695. The first-order valence-corrected chi connectivity index (χ1v) is 10.1. The zero-order valence-electron chi connectivity index (χ0n) is 18.3. The van der Waals surface area contributed by atoms with Gasteiger partial charge >= 0.3 is 5.97 Å². The Bertz CT molecular complexity index is 395. The molecule has 0 spiro atoms. The largest absolute Gasteiger partial charge is 0.481 e. The standard InChI is InChI=1S/C12H24O.C11H20O2/c1-5-6-7-8-11(13)9-10-12(2,3)4;1-11(2,3)9-7-5-4-6-8-10(12)13/h9-11,13H,5-8H2,1-4H3;7,9H,4-6,8H2,1-3H3,(H,12,13)/b10-9+;9-7+/t11-;/m0./s1. The Morgan fingerprint density at radius 3 is 1.96 bits per heavy atom. The summed E-state index contributed by atoms with van der Waals surface area (Å²) in [5, 5.41) is 17.9. The minimum atomic E-state index is -0.695. The molecule has 0 unspecified atom stereocenters. The first-order valence-electron chi connectivity index (χ1n) is 10.1. The summed E-state index contributed by atoms with van der Waals surface area (Å²) >= 11 is 0. The summed E-state index contributed by atoms with van der Waals surface area (Å²) in [6.07, 6.45) is 15.6. The van der Waals surface area contributed by atoms with Crippen LogP contribution >= 0.6 is 0 Å². The number of carbonyl (C=O) groups is 1. The van der Waals surface area contributed by atoms with Crippen molar-refractivity contribution in [2.45, 2.75) is 106 Å². The van der Waals surface area contributed by atoms with Gasteiger partial charge in [0.25, 0.3) is 0 Å². The maximum Gasteiger partial charge on any atom is 0.303 e. The second-order valence-electron chi connectivity index (χ2n) is 9.20. The summed E-state index contributed by atoms with van der Waals surface area (Å²) in [5.41, 5.74) is 0.429. The van der Waals surface area contributed by atoms with E-state index in [-0.39, 0.29) is 16.9 Å². The van der Waals surface area contributed by atoms with Gasteiger partial charge in [-0.2, -0.15) is 0 Å². The number of aliphatic hydroxyl groups excluding tert-OH is 1. The van der Waals surface area contributed by atoms with Gasteiger partial charge in [-0.05, 0) is 36.5 Å². The highest BCUT2D eigenvalue weighted by Crippen LogP contribution is 2.16. The molecule has 0 saturated carbocycles. The molecule has 1 atom stereocenters. The third kappa shape index (κ3) is 27.7. The minimum Gasteiger partial charge on any atom is -0.481 e. The van der Waals surface area contributed by atoms with E-state index in [1.165, 1.54) is 12.8 Å². The van der Waals surface area contributed by atoms with Crippen molar-refractivity contribution in [2.24, 2.45) is 10.8 Å². The van der Waals surface area contributed by atoms with Crippen molar-refractivity contribution in [3.05, 3.63) is 24.3 Å². The zero-order chi connectivity index (χ0) is 20.6. The molecule has 0 aliphatic heterocycles. The van der Waals surface area contributed by atoms with Crippen LogP contribution in [0.15, 0.2) is 24.3 Å². The average molecular weight is 369 g/mol. The van der Waals surface area contributed by atoms with Gasteiger partial charge in [0.05, 0.1) is 6.10 Å². The molecule has 0 aliphatic carbocycles. The molecule has 0 fully saturated rings. The number of unbranched alkanes of at least 4 members (excludes halogenated alkanes) is 4. The van der Waals surface area contributed by atoms with E-state index in [0.29, 0.717) is 6.42 Å². The molecule has 3 nitrogen and oxygen atoms in total. The fourth-order valence-corrected chi connectivity index (χ4v) is 2.07. The maximum absolute atomic E-state index is 10.2. The average Bonchev–Trinajstić information content (AvgIpc) is 2.48. The van der Waals surface area contributed by atoms with Crippen molar-refractivity contribution in [1.82, 2.24) is 0 Å². The fraction of sp³-hybridized carbons (Fsp3) is 0.783. The van der Waals surface area contributed by atoms with Crippen LogP contribution < -0.4 is 0 Å². The van der Waals surface area contributed by atoms with Crippen LogP contribution in [0.5, 0.6) is 0 Å². The van der Waals surface area contributed by atoms with E-state index in [1.54, 1.807) is 0 Å². The predicted octanol–water partition coefficient (Wildman–Crippen LogP) is 6.76. The molecule has 26 heavy (non-hydrogen) atoms. The molecule has 0 aromatic carbocycles. The highest BCUT2D eigenvalue weighted by molar-refractivity contribution is 5.66. The highest BCUT2D eigenvalue weighted by Gasteiger charge is 2.05.